The van der Waals surface area contributed by atoms with E-state index in [1.807, 2.05) is 0 Å². The average Bonchev–Trinajstić information content (AvgIpc) is 3.72. The highest BCUT2D eigenvalue weighted by Crippen LogP contribution is 2.51. The maximum atomic E-state index is 14.7. The Balaban J connectivity index is 1.49. The zero-order chi connectivity index (χ0) is 41.1. The fourth-order valence-corrected chi connectivity index (χ4v) is 8.38. The molecule has 0 radical (unpaired) electrons. The summed E-state index contributed by atoms with van der Waals surface area (Å²) in [6.07, 6.45) is 2.39. The molecule has 56 heavy (non-hydrogen) atoms. The number of nitrogens with one attached hydrogen (secondary N) is 1. The number of para-hydroxylation sites is 1. The van der Waals surface area contributed by atoms with Crippen LogP contribution in [0.2, 0.25) is 0 Å². The summed E-state index contributed by atoms with van der Waals surface area (Å²) < 4.78 is 52.2. The number of anilines is 1. The van der Waals surface area contributed by atoms with E-state index >= 15 is 0 Å². The number of esters is 3. The van der Waals surface area contributed by atoms with Gasteiger partial charge in [0.1, 0.15) is 42.4 Å². The Bertz CT molecular complexity index is 1970. The van der Waals surface area contributed by atoms with E-state index in [2.05, 4.69) is 42.0 Å². The lowest BCUT2D eigenvalue weighted by molar-refractivity contribution is -0.191. The summed E-state index contributed by atoms with van der Waals surface area (Å²) in [4.78, 5) is 44.3. The zero-order valence-electron chi connectivity index (χ0n) is 33.2. The number of carbonyl (C=O) groups excluding carboxylic acids is 3. The molecule has 5 rings (SSSR count). The van der Waals surface area contributed by atoms with Crippen LogP contribution in [0.15, 0.2) is 48.8 Å². The average molecular weight is 797 g/mol. The molecule has 2 aliphatic rings. The topological polar surface area (TPSA) is 216 Å². The van der Waals surface area contributed by atoms with Gasteiger partial charge in [0.2, 0.25) is 11.2 Å². The molecule has 2 aromatic heterocycles. The number of carbonyl (C=O) groups is 3. The van der Waals surface area contributed by atoms with Crippen molar-refractivity contribution in [2.24, 2.45) is 23.2 Å². The normalized spacial score (nSPS) is 25.6. The molecular formula is C39H53N6O10P. The van der Waals surface area contributed by atoms with Crippen LogP contribution in [0.4, 0.5) is 5.82 Å². The minimum absolute atomic E-state index is 0.108. The van der Waals surface area contributed by atoms with E-state index in [-0.39, 0.29) is 28.8 Å². The van der Waals surface area contributed by atoms with Gasteiger partial charge in [0.25, 0.3) is 0 Å². The van der Waals surface area contributed by atoms with Crippen LogP contribution in [-0.4, -0.2) is 69.6 Å². The van der Waals surface area contributed by atoms with Crippen molar-refractivity contribution in [3.05, 3.63) is 54.5 Å². The number of nitrogen functional groups attached to an aromatic ring is 1. The Morgan fingerprint density at radius 3 is 2.27 bits per heavy atom. The second-order valence-corrected chi connectivity index (χ2v) is 17.9. The van der Waals surface area contributed by atoms with Gasteiger partial charge in [-0.05, 0) is 68.2 Å². The van der Waals surface area contributed by atoms with Crippen molar-refractivity contribution in [2.75, 3.05) is 18.9 Å². The van der Waals surface area contributed by atoms with Gasteiger partial charge in [-0.3, -0.25) is 18.9 Å². The van der Waals surface area contributed by atoms with Crippen LogP contribution in [0.25, 0.3) is 5.52 Å². The van der Waals surface area contributed by atoms with Crippen LogP contribution in [-0.2, 0) is 48.0 Å². The van der Waals surface area contributed by atoms with E-state index < -0.39 is 74.1 Å². The highest BCUT2D eigenvalue weighted by atomic mass is 31.2. The van der Waals surface area contributed by atoms with Crippen LogP contribution < -0.4 is 15.3 Å². The Kier molecular flexibility index (Phi) is 12.8. The zero-order valence-corrected chi connectivity index (χ0v) is 34.1. The van der Waals surface area contributed by atoms with Gasteiger partial charge < -0.3 is 29.2 Å². The second kappa shape index (κ2) is 16.9. The molecule has 0 bridgehead atoms. The van der Waals surface area contributed by atoms with Gasteiger partial charge in [0.05, 0.1) is 24.1 Å². The maximum absolute atomic E-state index is 14.7. The standard InChI is InChI=1S/C39H53N6O10P/c1-24(2)33(46)53-36-38(20-40,50-22-39(36,54-34(47)25(3)4)31-19-18-30-32(41)42-23-43-45(30)31)21-51-56(49,55-29-12-10-9-11-13-29)44-26(5)35(48)52-28-16-14-27(15-17-28)37(6,7)8/h9-13,18-19,23-28,36H,14-17,21-22H2,1-8H3,(H,44,49)(H2,41,42,43)/t26-,27-,28-,36+,38+,39+,56?/m0/s1. The molecular weight excluding hydrogens is 743 g/mol. The first kappa shape index (κ1) is 42.6. The Hall–Kier alpha value is -4.55. The van der Waals surface area contributed by atoms with Gasteiger partial charge >= 0.3 is 25.7 Å². The fourth-order valence-electron chi connectivity index (χ4n) is 6.86. The van der Waals surface area contributed by atoms with Crippen LogP contribution in [0, 0.1) is 34.5 Å². The van der Waals surface area contributed by atoms with Crippen molar-refractivity contribution >= 4 is 37.0 Å². The van der Waals surface area contributed by atoms with E-state index in [4.69, 9.17) is 33.7 Å². The monoisotopic (exact) mass is 796 g/mol. The Labute approximate surface area is 327 Å². The predicted molar refractivity (Wildman–Crippen MR) is 204 cm³/mol. The van der Waals surface area contributed by atoms with E-state index in [1.165, 1.54) is 29.9 Å². The number of rotatable bonds is 14. The first-order valence-corrected chi connectivity index (χ1v) is 20.4. The maximum Gasteiger partial charge on any atom is 0.459 e. The third kappa shape index (κ3) is 9.18. The number of hydrogen-bond donors (Lipinski definition) is 2. The number of aromatic nitrogens is 3. The molecule has 1 aliphatic heterocycles. The lowest BCUT2D eigenvalue weighted by atomic mass is 9.72. The van der Waals surface area contributed by atoms with Crippen LogP contribution >= 0.6 is 7.75 Å². The fraction of sp³-hybridized carbons (Fsp3) is 0.590. The van der Waals surface area contributed by atoms with Crippen LogP contribution in [0.3, 0.4) is 0 Å². The van der Waals surface area contributed by atoms with E-state index in [9.17, 15) is 24.2 Å². The molecule has 1 aliphatic carbocycles. The van der Waals surface area contributed by atoms with Crippen LogP contribution in [0.1, 0.15) is 86.8 Å². The van der Waals surface area contributed by atoms with Crippen molar-refractivity contribution < 1.29 is 46.9 Å². The van der Waals surface area contributed by atoms with Gasteiger partial charge in [0, 0.05) is 0 Å². The summed E-state index contributed by atoms with van der Waals surface area (Å²) in [5, 5.41) is 17.9. The van der Waals surface area contributed by atoms with Crippen molar-refractivity contribution in [1.29, 1.82) is 5.26 Å². The molecule has 0 spiro atoms. The van der Waals surface area contributed by atoms with Crippen molar-refractivity contribution in [2.45, 2.75) is 111 Å². The predicted octanol–water partition coefficient (Wildman–Crippen LogP) is 5.90. The first-order valence-electron chi connectivity index (χ1n) is 18.9. The molecule has 3 N–H and O–H groups in total. The third-order valence-electron chi connectivity index (χ3n) is 10.3. The first-order chi connectivity index (χ1) is 26.3. The molecule has 3 heterocycles. The lowest BCUT2D eigenvalue weighted by Gasteiger charge is -2.37. The molecule has 5 atom stereocenters. The van der Waals surface area contributed by atoms with Crippen LogP contribution in [0.5, 0.6) is 5.75 Å². The molecule has 1 aromatic carbocycles. The molecule has 2 fully saturated rings. The van der Waals surface area contributed by atoms with E-state index in [1.54, 1.807) is 58.0 Å². The summed E-state index contributed by atoms with van der Waals surface area (Å²) in [7, 11) is -4.59. The summed E-state index contributed by atoms with van der Waals surface area (Å²) >= 11 is 0. The van der Waals surface area contributed by atoms with Crippen molar-refractivity contribution in [1.82, 2.24) is 19.7 Å². The molecule has 3 aromatic rings. The molecule has 304 valence electrons. The van der Waals surface area contributed by atoms with E-state index in [0.717, 1.165) is 12.8 Å². The number of hydrogen-bond acceptors (Lipinski definition) is 14. The number of nitrogens with zero attached hydrogens (tertiary/aromatic N) is 4. The summed E-state index contributed by atoms with van der Waals surface area (Å²) in [6.45, 7) is 13.1. The SMILES string of the molecule is CC(C)C(=O)O[C@@H]1[C@@](C#N)(COP(=O)(N[C@@H](C)C(=O)O[C@H]2CC[C@H](C(C)(C)C)CC2)Oc2ccccc2)OC[C@@]1(OC(=O)C(C)C)c1ccc2c(N)ncnn12. The van der Waals surface area contributed by atoms with Gasteiger partial charge in [-0.2, -0.15) is 15.4 Å². The Morgan fingerprint density at radius 2 is 1.66 bits per heavy atom. The van der Waals surface area contributed by atoms with Gasteiger partial charge in [-0.15, -0.1) is 0 Å². The quantitative estimate of drug-likeness (QED) is 0.110. The minimum atomic E-state index is -4.59. The smallest absolute Gasteiger partial charge is 0.459 e. The van der Waals surface area contributed by atoms with Crippen molar-refractivity contribution in [3.8, 4) is 11.8 Å². The molecule has 1 saturated carbocycles. The largest absolute Gasteiger partial charge is 0.461 e. The second-order valence-electron chi connectivity index (χ2n) is 16.2. The summed E-state index contributed by atoms with van der Waals surface area (Å²) in [6, 6.07) is 12.1. The van der Waals surface area contributed by atoms with Crippen molar-refractivity contribution in [3.63, 3.8) is 0 Å². The number of nitriles is 1. The molecule has 0 amide bonds. The van der Waals surface area contributed by atoms with Gasteiger partial charge in [-0.1, -0.05) is 66.7 Å². The number of benzene rings is 1. The summed E-state index contributed by atoms with van der Waals surface area (Å²) in [5.41, 5.74) is 2.51. The highest BCUT2D eigenvalue weighted by molar-refractivity contribution is 7.52. The highest BCUT2D eigenvalue weighted by Gasteiger charge is 2.67. The number of ether oxygens (including phenoxy) is 4. The molecule has 16 nitrogen and oxygen atoms in total. The lowest BCUT2D eigenvalue weighted by Crippen LogP contribution is -2.55. The molecule has 1 saturated heterocycles. The Morgan fingerprint density at radius 1 is 1.00 bits per heavy atom. The summed E-state index contributed by atoms with van der Waals surface area (Å²) in [5.74, 6) is -2.74. The molecule has 17 heteroatoms. The number of nitrogens with two attached hydrogens (primary N) is 1. The minimum Gasteiger partial charge on any atom is -0.461 e. The molecule has 1 unspecified atom stereocenters. The van der Waals surface area contributed by atoms with E-state index in [0.29, 0.717) is 24.3 Å². The van der Waals surface area contributed by atoms with Gasteiger partial charge in [0.15, 0.2) is 11.9 Å². The number of fused-ring (bicyclic) bond motifs is 1. The van der Waals surface area contributed by atoms with Gasteiger partial charge in [-0.25, -0.2) is 14.1 Å². The third-order valence-corrected chi connectivity index (χ3v) is 11.9.